The summed E-state index contributed by atoms with van der Waals surface area (Å²) in [5.74, 6) is 0.867. The predicted octanol–water partition coefficient (Wildman–Crippen LogP) is 3.40. The topological polar surface area (TPSA) is 62.7 Å². The van der Waals surface area contributed by atoms with Crippen LogP contribution in [0.4, 0.5) is 0 Å². The zero-order chi connectivity index (χ0) is 16.3. The Morgan fingerprint density at radius 2 is 2.18 bits per heavy atom. The van der Waals surface area contributed by atoms with Crippen molar-refractivity contribution in [2.24, 2.45) is 5.92 Å². The molecular weight excluding hydrogens is 296 g/mol. The first-order valence-electron chi connectivity index (χ1n) is 7.46. The quantitative estimate of drug-likeness (QED) is 0.831. The van der Waals surface area contributed by atoms with Crippen molar-refractivity contribution in [3.8, 4) is 0 Å². The van der Waals surface area contributed by atoms with E-state index in [4.69, 9.17) is 12.2 Å². The minimum atomic E-state index is -0.194. The highest BCUT2D eigenvalue weighted by atomic mass is 32.1. The Morgan fingerprint density at radius 3 is 2.77 bits per heavy atom. The Morgan fingerprint density at radius 1 is 1.45 bits per heavy atom. The first-order chi connectivity index (χ1) is 10.4. The van der Waals surface area contributed by atoms with Crippen molar-refractivity contribution in [2.75, 3.05) is 0 Å². The van der Waals surface area contributed by atoms with E-state index in [-0.39, 0.29) is 17.9 Å². The van der Waals surface area contributed by atoms with Crippen LogP contribution in [0.1, 0.15) is 48.6 Å². The second kappa shape index (κ2) is 6.87. The average molecular weight is 318 g/mol. The van der Waals surface area contributed by atoms with Crippen molar-refractivity contribution in [1.82, 2.24) is 20.1 Å². The number of hydrogen-bond acceptors (Lipinski definition) is 3. The molecule has 0 saturated heterocycles. The summed E-state index contributed by atoms with van der Waals surface area (Å²) < 4.78 is 2.49. The minimum absolute atomic E-state index is 0.0982. The summed E-state index contributed by atoms with van der Waals surface area (Å²) in [6, 6.07) is 7.36. The molecule has 0 saturated carbocycles. The van der Waals surface area contributed by atoms with E-state index in [1.807, 2.05) is 42.7 Å². The number of benzene rings is 1. The van der Waals surface area contributed by atoms with Gasteiger partial charge in [0.05, 0.1) is 6.04 Å². The van der Waals surface area contributed by atoms with E-state index in [0.29, 0.717) is 16.9 Å². The molecule has 1 aromatic carbocycles. The summed E-state index contributed by atoms with van der Waals surface area (Å²) >= 11 is 5.23. The number of hydrogen-bond donors (Lipinski definition) is 2. The zero-order valence-corrected chi connectivity index (χ0v) is 14.2. The van der Waals surface area contributed by atoms with Crippen LogP contribution in [-0.2, 0) is 6.54 Å². The number of amides is 1. The lowest BCUT2D eigenvalue weighted by Crippen LogP contribution is -2.33. The van der Waals surface area contributed by atoms with Crippen molar-refractivity contribution in [3.63, 3.8) is 0 Å². The fourth-order valence-corrected chi connectivity index (χ4v) is 2.68. The standard InChI is InChI=1S/C16H22N4OS/c1-5-20-14(18-19-16(20)22)13(10(2)3)17-15(21)12-8-6-7-11(4)9-12/h6-10,13H,5H2,1-4H3,(H,17,21)(H,19,22)/t13-/m0/s1. The van der Waals surface area contributed by atoms with Gasteiger partial charge in [-0.2, -0.15) is 5.10 Å². The van der Waals surface area contributed by atoms with Gasteiger partial charge in [0.1, 0.15) is 0 Å². The van der Waals surface area contributed by atoms with Gasteiger partial charge in [-0.05, 0) is 44.1 Å². The number of nitrogens with zero attached hydrogens (tertiary/aromatic N) is 2. The fraction of sp³-hybridized carbons (Fsp3) is 0.438. The maximum absolute atomic E-state index is 12.5. The van der Waals surface area contributed by atoms with E-state index < -0.39 is 0 Å². The molecule has 2 N–H and O–H groups in total. The normalized spacial score (nSPS) is 12.4. The van der Waals surface area contributed by atoms with Gasteiger partial charge in [0, 0.05) is 12.1 Å². The Labute approximate surface area is 135 Å². The number of aryl methyl sites for hydroxylation is 1. The molecule has 2 rings (SSSR count). The number of H-pyrrole nitrogens is 1. The highest BCUT2D eigenvalue weighted by Gasteiger charge is 2.24. The SMILES string of the molecule is CCn1c([C@@H](NC(=O)c2cccc(C)c2)C(C)C)n[nH]c1=S. The number of aromatic nitrogens is 3. The second-order valence-electron chi connectivity index (χ2n) is 5.70. The molecule has 1 atom stereocenters. The van der Waals surface area contributed by atoms with Gasteiger partial charge >= 0.3 is 0 Å². The van der Waals surface area contributed by atoms with Crippen LogP contribution in [0.5, 0.6) is 0 Å². The molecule has 0 aliphatic heterocycles. The first-order valence-corrected chi connectivity index (χ1v) is 7.87. The van der Waals surface area contributed by atoms with E-state index in [1.165, 1.54) is 0 Å². The summed E-state index contributed by atoms with van der Waals surface area (Å²) in [4.78, 5) is 12.5. The molecule has 5 nitrogen and oxygen atoms in total. The number of carbonyl (C=O) groups excluding carboxylic acids is 1. The van der Waals surface area contributed by atoms with Crippen LogP contribution >= 0.6 is 12.2 Å². The van der Waals surface area contributed by atoms with E-state index >= 15 is 0 Å². The second-order valence-corrected chi connectivity index (χ2v) is 6.08. The van der Waals surface area contributed by atoms with Crippen LogP contribution in [0, 0.1) is 17.6 Å². The van der Waals surface area contributed by atoms with Gasteiger partial charge in [0.25, 0.3) is 5.91 Å². The number of aromatic amines is 1. The van der Waals surface area contributed by atoms with Crippen molar-refractivity contribution in [2.45, 2.75) is 40.3 Å². The number of carbonyl (C=O) groups is 1. The number of rotatable bonds is 5. The van der Waals surface area contributed by atoms with Gasteiger partial charge in [-0.15, -0.1) is 0 Å². The Bertz CT molecular complexity index is 717. The average Bonchev–Trinajstić information content (AvgIpc) is 2.84. The van der Waals surface area contributed by atoms with Gasteiger partial charge in [-0.1, -0.05) is 31.5 Å². The molecule has 118 valence electrons. The fourth-order valence-electron chi connectivity index (χ4n) is 2.41. The maximum atomic E-state index is 12.5. The molecule has 2 aromatic rings. The highest BCUT2D eigenvalue weighted by Crippen LogP contribution is 2.21. The molecule has 0 spiro atoms. The van der Waals surface area contributed by atoms with Crippen molar-refractivity contribution in [3.05, 3.63) is 46.0 Å². The largest absolute Gasteiger partial charge is 0.342 e. The molecule has 1 amide bonds. The summed E-state index contributed by atoms with van der Waals surface area (Å²) in [5, 5.41) is 10.2. The van der Waals surface area contributed by atoms with Crippen molar-refractivity contribution >= 4 is 18.1 Å². The molecule has 0 bridgehead atoms. The van der Waals surface area contributed by atoms with Crippen LogP contribution in [0.25, 0.3) is 0 Å². The third kappa shape index (κ3) is 3.44. The van der Waals surface area contributed by atoms with Crippen LogP contribution < -0.4 is 5.32 Å². The lowest BCUT2D eigenvalue weighted by atomic mass is 10.0. The molecular formula is C16H22N4OS. The van der Waals surface area contributed by atoms with Crippen LogP contribution in [-0.4, -0.2) is 20.7 Å². The van der Waals surface area contributed by atoms with Crippen molar-refractivity contribution in [1.29, 1.82) is 0 Å². The van der Waals surface area contributed by atoms with Gasteiger partial charge in [0.2, 0.25) is 0 Å². The third-order valence-electron chi connectivity index (χ3n) is 3.62. The van der Waals surface area contributed by atoms with Crippen LogP contribution in [0.15, 0.2) is 24.3 Å². The van der Waals surface area contributed by atoms with Gasteiger partial charge in [-0.25, -0.2) is 0 Å². The first kappa shape index (κ1) is 16.4. The molecule has 0 radical (unpaired) electrons. The summed E-state index contributed by atoms with van der Waals surface area (Å²) in [6.45, 7) is 8.81. The molecule has 6 heteroatoms. The third-order valence-corrected chi connectivity index (χ3v) is 3.93. The molecule has 0 aliphatic carbocycles. The van der Waals surface area contributed by atoms with E-state index in [2.05, 4.69) is 29.4 Å². The molecule has 0 fully saturated rings. The van der Waals surface area contributed by atoms with E-state index in [9.17, 15) is 4.79 Å². The predicted molar refractivity (Wildman–Crippen MR) is 89.3 cm³/mol. The van der Waals surface area contributed by atoms with Gasteiger partial charge < -0.3 is 9.88 Å². The Balaban J connectivity index is 2.30. The van der Waals surface area contributed by atoms with Crippen LogP contribution in [0.3, 0.4) is 0 Å². The lowest BCUT2D eigenvalue weighted by Gasteiger charge is -2.22. The zero-order valence-electron chi connectivity index (χ0n) is 13.4. The van der Waals surface area contributed by atoms with Crippen LogP contribution in [0.2, 0.25) is 0 Å². The van der Waals surface area contributed by atoms with Crippen molar-refractivity contribution < 1.29 is 4.79 Å². The molecule has 0 unspecified atom stereocenters. The molecule has 0 aliphatic rings. The minimum Gasteiger partial charge on any atom is -0.342 e. The summed E-state index contributed by atoms with van der Waals surface area (Å²) in [6.07, 6.45) is 0. The van der Waals surface area contributed by atoms with Gasteiger partial charge in [-0.3, -0.25) is 9.89 Å². The molecule has 1 heterocycles. The van der Waals surface area contributed by atoms with Gasteiger partial charge in [0.15, 0.2) is 10.6 Å². The van der Waals surface area contributed by atoms with E-state index in [0.717, 1.165) is 11.4 Å². The maximum Gasteiger partial charge on any atom is 0.251 e. The molecule has 1 aromatic heterocycles. The Hall–Kier alpha value is -1.95. The lowest BCUT2D eigenvalue weighted by molar-refractivity contribution is 0.0922. The molecule has 22 heavy (non-hydrogen) atoms. The monoisotopic (exact) mass is 318 g/mol. The van der Waals surface area contributed by atoms with E-state index in [1.54, 1.807) is 0 Å². The smallest absolute Gasteiger partial charge is 0.251 e. The highest BCUT2D eigenvalue weighted by molar-refractivity contribution is 7.71. The number of nitrogens with one attached hydrogen (secondary N) is 2. The summed E-state index contributed by atoms with van der Waals surface area (Å²) in [5.41, 5.74) is 1.72. The summed E-state index contributed by atoms with van der Waals surface area (Å²) in [7, 11) is 0. The Kier molecular flexibility index (Phi) is 5.13.